The molecule has 1 atom stereocenters. The maximum absolute atomic E-state index is 5.98. The maximum atomic E-state index is 5.98. The summed E-state index contributed by atoms with van der Waals surface area (Å²) in [6.07, 6.45) is 4.88. The van der Waals surface area contributed by atoms with Crippen molar-refractivity contribution in [3.8, 4) is 5.75 Å². The van der Waals surface area contributed by atoms with Crippen LogP contribution in [0.4, 0.5) is 0 Å². The molecule has 0 aromatic heterocycles. The van der Waals surface area contributed by atoms with Crippen molar-refractivity contribution in [1.82, 2.24) is 4.90 Å². The Kier molecular flexibility index (Phi) is 5.12. The molecule has 2 aromatic rings. The number of likely N-dealkylation sites (N-methyl/N-ethyl adjacent to an activating group) is 1. The second kappa shape index (κ2) is 7.46. The molecule has 0 radical (unpaired) electrons. The molecule has 22 heavy (non-hydrogen) atoms. The largest absolute Gasteiger partial charge is 0.492 e. The first-order valence-electron chi connectivity index (χ1n) is 8.27. The summed E-state index contributed by atoms with van der Waals surface area (Å²) in [6, 6.07) is 19.7. The van der Waals surface area contributed by atoms with Gasteiger partial charge in [-0.15, -0.1) is 0 Å². The van der Waals surface area contributed by atoms with E-state index in [1.54, 1.807) is 0 Å². The van der Waals surface area contributed by atoms with E-state index < -0.39 is 0 Å². The van der Waals surface area contributed by atoms with Crippen LogP contribution in [0.1, 0.15) is 30.4 Å². The molecule has 116 valence electrons. The van der Waals surface area contributed by atoms with Gasteiger partial charge in [0.2, 0.25) is 0 Å². The zero-order valence-electron chi connectivity index (χ0n) is 13.4. The molecular formula is C20H25NO. The number of rotatable bonds is 5. The Morgan fingerprint density at radius 1 is 0.955 bits per heavy atom. The Hall–Kier alpha value is -1.80. The van der Waals surface area contributed by atoms with Crippen molar-refractivity contribution < 1.29 is 4.74 Å². The summed E-state index contributed by atoms with van der Waals surface area (Å²) in [7, 11) is 2.20. The van der Waals surface area contributed by atoms with Crippen LogP contribution < -0.4 is 4.74 Å². The predicted octanol–water partition coefficient (Wildman–Crippen LogP) is 4.14. The molecule has 0 saturated carbocycles. The van der Waals surface area contributed by atoms with Crippen LogP contribution in [0.15, 0.2) is 54.6 Å². The van der Waals surface area contributed by atoms with Crippen molar-refractivity contribution in [3.05, 3.63) is 65.7 Å². The molecule has 2 aromatic carbocycles. The van der Waals surface area contributed by atoms with Gasteiger partial charge in [0.1, 0.15) is 12.4 Å². The summed E-state index contributed by atoms with van der Waals surface area (Å²) >= 11 is 0. The van der Waals surface area contributed by atoms with E-state index in [0.29, 0.717) is 6.04 Å². The van der Waals surface area contributed by atoms with Gasteiger partial charge in [0.05, 0.1) is 0 Å². The number of likely N-dealkylation sites (tertiary alicyclic amines) is 1. The zero-order chi connectivity index (χ0) is 15.2. The topological polar surface area (TPSA) is 12.5 Å². The van der Waals surface area contributed by atoms with Gasteiger partial charge < -0.3 is 9.64 Å². The molecule has 2 heteroatoms. The van der Waals surface area contributed by atoms with Crippen molar-refractivity contribution in [3.63, 3.8) is 0 Å². The highest BCUT2D eigenvalue weighted by Crippen LogP contribution is 2.19. The number of nitrogens with zero attached hydrogens (tertiary/aromatic N) is 1. The van der Waals surface area contributed by atoms with E-state index in [9.17, 15) is 0 Å². The molecule has 2 nitrogen and oxygen atoms in total. The second-order valence-corrected chi connectivity index (χ2v) is 6.25. The van der Waals surface area contributed by atoms with Crippen LogP contribution in [0, 0.1) is 0 Å². The third-order valence-corrected chi connectivity index (χ3v) is 4.54. The fraction of sp³-hybridized carbons (Fsp3) is 0.400. The Morgan fingerprint density at radius 3 is 2.41 bits per heavy atom. The average molecular weight is 295 g/mol. The highest BCUT2D eigenvalue weighted by molar-refractivity contribution is 5.31. The lowest BCUT2D eigenvalue weighted by atomic mass is 10.0. The minimum absolute atomic E-state index is 0.567. The van der Waals surface area contributed by atoms with Crippen molar-refractivity contribution >= 4 is 0 Å². The van der Waals surface area contributed by atoms with Crippen LogP contribution in [0.25, 0.3) is 0 Å². The monoisotopic (exact) mass is 295 g/mol. The van der Waals surface area contributed by atoms with Gasteiger partial charge in [-0.25, -0.2) is 0 Å². The third kappa shape index (κ3) is 4.11. The highest BCUT2D eigenvalue weighted by Gasteiger charge is 2.19. The number of piperidine rings is 1. The van der Waals surface area contributed by atoms with Crippen LogP contribution in [-0.2, 0) is 6.42 Å². The number of ether oxygens (including phenoxy) is 1. The maximum Gasteiger partial charge on any atom is 0.119 e. The van der Waals surface area contributed by atoms with Crippen LogP contribution in [0.5, 0.6) is 5.75 Å². The van der Waals surface area contributed by atoms with E-state index in [0.717, 1.165) is 18.8 Å². The van der Waals surface area contributed by atoms with E-state index in [1.807, 2.05) is 0 Å². The van der Waals surface area contributed by atoms with Gasteiger partial charge in [0, 0.05) is 6.04 Å². The summed E-state index contributed by atoms with van der Waals surface area (Å²) in [6.45, 7) is 2.00. The molecule has 3 rings (SSSR count). The van der Waals surface area contributed by atoms with Gasteiger partial charge in [-0.1, -0.05) is 48.9 Å². The van der Waals surface area contributed by atoms with E-state index in [4.69, 9.17) is 4.74 Å². The minimum atomic E-state index is 0.567. The Balaban J connectivity index is 1.53. The molecule has 0 N–H and O–H groups in total. The molecule has 1 aliphatic rings. The normalized spacial score (nSPS) is 19.0. The standard InChI is InChI=1S/C20H25NO/c1-21-14-6-5-9-19(21)16-22-20-12-10-18(11-13-20)15-17-7-3-2-4-8-17/h2-4,7-8,10-13,19H,5-6,9,14-16H2,1H3. The average Bonchev–Trinajstić information content (AvgIpc) is 2.56. The fourth-order valence-electron chi connectivity index (χ4n) is 3.08. The van der Waals surface area contributed by atoms with Crippen molar-refractivity contribution in [2.24, 2.45) is 0 Å². The molecule has 0 aliphatic carbocycles. The van der Waals surface area contributed by atoms with Gasteiger partial charge in [-0.05, 0) is 56.1 Å². The Morgan fingerprint density at radius 2 is 1.68 bits per heavy atom. The van der Waals surface area contributed by atoms with Crippen LogP contribution in [-0.4, -0.2) is 31.1 Å². The van der Waals surface area contributed by atoms with Crippen LogP contribution >= 0.6 is 0 Å². The Labute approximate surface area is 133 Å². The molecule has 1 fully saturated rings. The minimum Gasteiger partial charge on any atom is -0.492 e. The summed E-state index contributed by atoms with van der Waals surface area (Å²) < 4.78 is 5.98. The molecule has 0 spiro atoms. The van der Waals surface area contributed by atoms with E-state index in [2.05, 4.69) is 66.5 Å². The van der Waals surface area contributed by atoms with Crippen LogP contribution in [0.3, 0.4) is 0 Å². The predicted molar refractivity (Wildman–Crippen MR) is 91.5 cm³/mol. The quantitative estimate of drug-likeness (QED) is 0.822. The molecule has 0 bridgehead atoms. The first kappa shape index (κ1) is 15.1. The third-order valence-electron chi connectivity index (χ3n) is 4.54. The molecule has 1 saturated heterocycles. The van der Waals surface area contributed by atoms with Gasteiger partial charge in [0.25, 0.3) is 0 Å². The lowest BCUT2D eigenvalue weighted by Gasteiger charge is -2.32. The van der Waals surface area contributed by atoms with Crippen LogP contribution in [0.2, 0.25) is 0 Å². The second-order valence-electron chi connectivity index (χ2n) is 6.25. The SMILES string of the molecule is CN1CCCCC1COc1ccc(Cc2ccccc2)cc1. The van der Waals surface area contributed by atoms with Crippen molar-refractivity contribution in [2.75, 3.05) is 20.2 Å². The fourth-order valence-corrected chi connectivity index (χ4v) is 3.08. The van der Waals surface area contributed by atoms with Crippen molar-refractivity contribution in [2.45, 2.75) is 31.7 Å². The van der Waals surface area contributed by atoms with Gasteiger partial charge >= 0.3 is 0 Å². The lowest BCUT2D eigenvalue weighted by molar-refractivity contribution is 0.125. The van der Waals surface area contributed by atoms with Crippen molar-refractivity contribution in [1.29, 1.82) is 0 Å². The highest BCUT2D eigenvalue weighted by atomic mass is 16.5. The molecule has 1 unspecified atom stereocenters. The first-order valence-corrected chi connectivity index (χ1v) is 8.27. The number of hydrogen-bond donors (Lipinski definition) is 0. The van der Waals surface area contributed by atoms with E-state index in [-0.39, 0.29) is 0 Å². The van der Waals surface area contributed by atoms with Gasteiger partial charge in [-0.2, -0.15) is 0 Å². The van der Waals surface area contributed by atoms with E-state index >= 15 is 0 Å². The summed E-state index contributed by atoms with van der Waals surface area (Å²) in [4.78, 5) is 2.42. The van der Waals surface area contributed by atoms with Gasteiger partial charge in [-0.3, -0.25) is 0 Å². The molecular weight excluding hydrogens is 270 g/mol. The number of benzene rings is 2. The van der Waals surface area contributed by atoms with E-state index in [1.165, 1.54) is 36.9 Å². The molecule has 1 aliphatic heterocycles. The lowest BCUT2D eigenvalue weighted by Crippen LogP contribution is -2.40. The summed E-state index contributed by atoms with van der Waals surface area (Å²) in [5.41, 5.74) is 2.67. The summed E-state index contributed by atoms with van der Waals surface area (Å²) in [5, 5.41) is 0. The molecule has 0 amide bonds. The molecule has 1 heterocycles. The summed E-state index contributed by atoms with van der Waals surface area (Å²) in [5.74, 6) is 0.982. The smallest absolute Gasteiger partial charge is 0.119 e. The number of hydrogen-bond acceptors (Lipinski definition) is 2. The Bertz CT molecular complexity index is 564. The van der Waals surface area contributed by atoms with Gasteiger partial charge in [0.15, 0.2) is 0 Å². The first-order chi connectivity index (χ1) is 10.8. The zero-order valence-corrected chi connectivity index (χ0v) is 13.4.